The molecule has 0 fully saturated rings. The standard InChI is InChI=1S/C12H13NO3S/c1-14-10-7-12(16-3)11(15-2)6-8(10)9-4-5-17-13-9/h4-7H,1-3H3. The molecule has 1 aromatic heterocycles. The van der Waals surface area contributed by atoms with Crippen molar-refractivity contribution in [2.24, 2.45) is 0 Å². The van der Waals surface area contributed by atoms with Gasteiger partial charge in [-0.3, -0.25) is 0 Å². The minimum Gasteiger partial charge on any atom is -0.496 e. The molecule has 0 saturated heterocycles. The molecule has 0 bridgehead atoms. The molecular weight excluding hydrogens is 238 g/mol. The average Bonchev–Trinajstić information content (AvgIpc) is 2.90. The fourth-order valence-electron chi connectivity index (χ4n) is 1.58. The second kappa shape index (κ2) is 5.05. The minimum atomic E-state index is 0.642. The van der Waals surface area contributed by atoms with Gasteiger partial charge in [0.05, 0.1) is 27.0 Å². The number of nitrogens with zero attached hydrogens (tertiary/aromatic N) is 1. The predicted octanol–water partition coefficient (Wildman–Crippen LogP) is 2.84. The van der Waals surface area contributed by atoms with E-state index in [1.807, 2.05) is 17.5 Å². The van der Waals surface area contributed by atoms with Gasteiger partial charge in [0.1, 0.15) is 5.75 Å². The molecule has 0 spiro atoms. The molecule has 0 aliphatic carbocycles. The Morgan fingerprint density at radius 2 is 1.59 bits per heavy atom. The Morgan fingerprint density at radius 1 is 0.941 bits per heavy atom. The van der Waals surface area contributed by atoms with E-state index in [0.717, 1.165) is 11.3 Å². The van der Waals surface area contributed by atoms with Gasteiger partial charge in [0.15, 0.2) is 11.5 Å². The minimum absolute atomic E-state index is 0.642. The fraction of sp³-hybridized carbons (Fsp3) is 0.250. The number of hydrogen-bond acceptors (Lipinski definition) is 5. The van der Waals surface area contributed by atoms with Crippen LogP contribution in [0.3, 0.4) is 0 Å². The van der Waals surface area contributed by atoms with E-state index in [4.69, 9.17) is 14.2 Å². The summed E-state index contributed by atoms with van der Waals surface area (Å²) < 4.78 is 20.1. The quantitative estimate of drug-likeness (QED) is 0.837. The summed E-state index contributed by atoms with van der Waals surface area (Å²) in [5, 5.41) is 1.92. The summed E-state index contributed by atoms with van der Waals surface area (Å²) in [5.41, 5.74) is 1.76. The van der Waals surface area contributed by atoms with Crippen molar-refractivity contribution in [2.75, 3.05) is 21.3 Å². The average molecular weight is 251 g/mol. The highest BCUT2D eigenvalue weighted by Crippen LogP contribution is 2.39. The molecule has 1 aromatic carbocycles. The van der Waals surface area contributed by atoms with Gasteiger partial charge in [-0.25, -0.2) is 0 Å². The van der Waals surface area contributed by atoms with Crippen molar-refractivity contribution in [3.05, 3.63) is 23.6 Å². The van der Waals surface area contributed by atoms with Crippen LogP contribution in [0.1, 0.15) is 0 Å². The van der Waals surface area contributed by atoms with E-state index < -0.39 is 0 Å². The van der Waals surface area contributed by atoms with E-state index in [1.54, 1.807) is 27.4 Å². The molecule has 0 radical (unpaired) electrons. The molecule has 2 aromatic rings. The third-order valence-electron chi connectivity index (χ3n) is 2.42. The van der Waals surface area contributed by atoms with Gasteiger partial charge >= 0.3 is 0 Å². The van der Waals surface area contributed by atoms with E-state index in [0.29, 0.717) is 17.2 Å². The van der Waals surface area contributed by atoms with E-state index >= 15 is 0 Å². The Morgan fingerprint density at radius 3 is 2.12 bits per heavy atom. The van der Waals surface area contributed by atoms with Crippen molar-refractivity contribution in [3.63, 3.8) is 0 Å². The normalized spacial score (nSPS) is 10.1. The summed E-state index contributed by atoms with van der Waals surface area (Å²) >= 11 is 1.40. The SMILES string of the molecule is COc1cc(OC)c(-c2ccsn2)cc1OC. The first kappa shape index (κ1) is 11.7. The zero-order chi connectivity index (χ0) is 12.3. The van der Waals surface area contributed by atoms with Crippen molar-refractivity contribution >= 4 is 11.5 Å². The van der Waals surface area contributed by atoms with Crippen LogP contribution in [0.15, 0.2) is 23.6 Å². The zero-order valence-corrected chi connectivity index (χ0v) is 10.7. The molecule has 0 atom stereocenters. The maximum atomic E-state index is 5.34. The largest absolute Gasteiger partial charge is 0.496 e. The molecule has 0 unspecified atom stereocenters. The highest BCUT2D eigenvalue weighted by molar-refractivity contribution is 7.03. The Balaban J connectivity index is 2.58. The predicted molar refractivity (Wildman–Crippen MR) is 67.2 cm³/mol. The van der Waals surface area contributed by atoms with Crippen LogP contribution in [-0.4, -0.2) is 25.7 Å². The molecule has 0 saturated carbocycles. The molecule has 4 nitrogen and oxygen atoms in total. The molecule has 1 heterocycles. The highest BCUT2D eigenvalue weighted by Gasteiger charge is 2.14. The number of methoxy groups -OCH3 is 3. The first-order chi connectivity index (χ1) is 8.30. The molecule has 17 heavy (non-hydrogen) atoms. The summed E-state index contributed by atoms with van der Waals surface area (Å²) in [7, 11) is 4.83. The Labute approximate surface area is 104 Å². The highest BCUT2D eigenvalue weighted by atomic mass is 32.1. The Kier molecular flexibility index (Phi) is 3.49. The lowest BCUT2D eigenvalue weighted by Gasteiger charge is -2.12. The fourth-order valence-corrected chi connectivity index (χ4v) is 2.10. The van der Waals surface area contributed by atoms with Crippen molar-refractivity contribution in [1.82, 2.24) is 4.37 Å². The van der Waals surface area contributed by atoms with Crippen LogP contribution in [0, 0.1) is 0 Å². The first-order valence-corrected chi connectivity index (χ1v) is 5.84. The number of benzene rings is 1. The maximum Gasteiger partial charge on any atom is 0.164 e. The molecular formula is C12H13NO3S. The summed E-state index contributed by atoms with van der Waals surface area (Å²) in [6, 6.07) is 5.61. The zero-order valence-electron chi connectivity index (χ0n) is 9.89. The molecule has 0 amide bonds. The van der Waals surface area contributed by atoms with Crippen LogP contribution in [-0.2, 0) is 0 Å². The van der Waals surface area contributed by atoms with Gasteiger partial charge in [0.25, 0.3) is 0 Å². The third-order valence-corrected chi connectivity index (χ3v) is 2.98. The van der Waals surface area contributed by atoms with Crippen LogP contribution in [0.4, 0.5) is 0 Å². The van der Waals surface area contributed by atoms with Crippen LogP contribution >= 0.6 is 11.5 Å². The number of hydrogen-bond donors (Lipinski definition) is 0. The summed E-state index contributed by atoms with van der Waals surface area (Å²) in [4.78, 5) is 0. The van der Waals surface area contributed by atoms with E-state index in [2.05, 4.69) is 4.37 Å². The molecule has 0 N–H and O–H groups in total. The lowest BCUT2D eigenvalue weighted by Crippen LogP contribution is -1.94. The molecule has 0 aliphatic heterocycles. The van der Waals surface area contributed by atoms with Gasteiger partial charge in [0.2, 0.25) is 0 Å². The van der Waals surface area contributed by atoms with Gasteiger partial charge < -0.3 is 14.2 Å². The van der Waals surface area contributed by atoms with Crippen molar-refractivity contribution in [2.45, 2.75) is 0 Å². The van der Waals surface area contributed by atoms with Gasteiger partial charge in [-0.1, -0.05) is 0 Å². The Hall–Kier alpha value is -1.75. The van der Waals surface area contributed by atoms with Gasteiger partial charge in [-0.15, -0.1) is 0 Å². The number of rotatable bonds is 4. The lowest BCUT2D eigenvalue weighted by molar-refractivity contribution is 0.349. The van der Waals surface area contributed by atoms with E-state index in [-0.39, 0.29) is 0 Å². The molecule has 5 heteroatoms. The monoisotopic (exact) mass is 251 g/mol. The topological polar surface area (TPSA) is 40.6 Å². The van der Waals surface area contributed by atoms with E-state index in [1.165, 1.54) is 11.5 Å². The van der Waals surface area contributed by atoms with Crippen LogP contribution in [0.5, 0.6) is 17.2 Å². The van der Waals surface area contributed by atoms with Crippen LogP contribution in [0.2, 0.25) is 0 Å². The van der Waals surface area contributed by atoms with Crippen molar-refractivity contribution in [1.29, 1.82) is 0 Å². The second-order valence-electron chi connectivity index (χ2n) is 3.29. The van der Waals surface area contributed by atoms with Gasteiger partial charge in [0, 0.05) is 17.0 Å². The van der Waals surface area contributed by atoms with Crippen molar-refractivity contribution < 1.29 is 14.2 Å². The van der Waals surface area contributed by atoms with Crippen LogP contribution < -0.4 is 14.2 Å². The maximum absolute atomic E-state index is 5.34. The molecule has 2 rings (SSSR count). The Bertz CT molecular complexity index is 497. The number of ether oxygens (including phenoxy) is 3. The summed E-state index contributed by atoms with van der Waals surface area (Å²) in [6.07, 6.45) is 0. The molecule has 90 valence electrons. The summed E-state index contributed by atoms with van der Waals surface area (Å²) in [6.45, 7) is 0. The summed E-state index contributed by atoms with van der Waals surface area (Å²) in [5.74, 6) is 2.02. The smallest absolute Gasteiger partial charge is 0.164 e. The first-order valence-electron chi connectivity index (χ1n) is 5.01. The number of aromatic nitrogens is 1. The van der Waals surface area contributed by atoms with E-state index in [9.17, 15) is 0 Å². The van der Waals surface area contributed by atoms with Gasteiger partial charge in [-0.05, 0) is 23.7 Å². The lowest BCUT2D eigenvalue weighted by atomic mass is 10.1. The van der Waals surface area contributed by atoms with Crippen LogP contribution in [0.25, 0.3) is 11.3 Å². The molecule has 0 aliphatic rings. The second-order valence-corrected chi connectivity index (χ2v) is 3.96. The third kappa shape index (κ3) is 2.19. The van der Waals surface area contributed by atoms with Gasteiger partial charge in [-0.2, -0.15) is 4.37 Å². The van der Waals surface area contributed by atoms with Crippen molar-refractivity contribution in [3.8, 4) is 28.5 Å².